The Morgan fingerprint density at radius 2 is 2.08 bits per heavy atom. The van der Waals surface area contributed by atoms with Crippen molar-refractivity contribution >= 4 is 17.5 Å². The Labute approximate surface area is 146 Å². The molecule has 1 fully saturated rings. The molecule has 3 rings (SSSR count). The van der Waals surface area contributed by atoms with Crippen LogP contribution in [0.3, 0.4) is 0 Å². The van der Waals surface area contributed by atoms with Crippen molar-refractivity contribution < 1.29 is 19.2 Å². The maximum atomic E-state index is 12.3. The molecule has 25 heavy (non-hydrogen) atoms. The van der Waals surface area contributed by atoms with Crippen molar-refractivity contribution in [3.8, 4) is 5.75 Å². The fraction of sp³-hybridized carbons (Fsp3) is 0.588. The lowest BCUT2D eigenvalue weighted by molar-refractivity contribution is -0.384. The third-order valence-electron chi connectivity index (χ3n) is 4.31. The van der Waals surface area contributed by atoms with Crippen LogP contribution in [0.5, 0.6) is 5.75 Å². The Kier molecular flexibility index (Phi) is 4.22. The summed E-state index contributed by atoms with van der Waals surface area (Å²) in [4.78, 5) is 26.8. The second-order valence-corrected chi connectivity index (χ2v) is 7.45. The van der Waals surface area contributed by atoms with Gasteiger partial charge in [0.2, 0.25) is 0 Å². The molecule has 0 radical (unpaired) electrons. The van der Waals surface area contributed by atoms with E-state index in [-0.39, 0.29) is 17.8 Å². The summed E-state index contributed by atoms with van der Waals surface area (Å²) < 4.78 is 11.3. The summed E-state index contributed by atoms with van der Waals surface area (Å²) in [6.45, 7) is 9.31. The predicted molar refractivity (Wildman–Crippen MR) is 92.3 cm³/mol. The molecule has 2 aliphatic rings. The lowest BCUT2D eigenvalue weighted by Gasteiger charge is -2.45. The highest BCUT2D eigenvalue weighted by molar-refractivity contribution is 5.71. The van der Waals surface area contributed by atoms with E-state index in [4.69, 9.17) is 9.47 Å². The molecule has 8 nitrogen and oxygen atoms in total. The van der Waals surface area contributed by atoms with Crippen molar-refractivity contribution in [2.45, 2.75) is 39.3 Å². The Hall–Kier alpha value is -2.51. The molecule has 0 N–H and O–H groups in total. The Morgan fingerprint density at radius 1 is 1.36 bits per heavy atom. The van der Waals surface area contributed by atoms with Gasteiger partial charge in [0, 0.05) is 31.8 Å². The van der Waals surface area contributed by atoms with Gasteiger partial charge in [-0.05, 0) is 33.3 Å². The predicted octanol–water partition coefficient (Wildman–Crippen LogP) is 2.72. The molecule has 0 bridgehead atoms. The zero-order chi connectivity index (χ0) is 18.4. The summed E-state index contributed by atoms with van der Waals surface area (Å²) >= 11 is 0. The van der Waals surface area contributed by atoms with Crippen LogP contribution in [0.2, 0.25) is 0 Å². The van der Waals surface area contributed by atoms with Gasteiger partial charge in [-0.3, -0.25) is 10.1 Å². The largest absolute Gasteiger partial charge is 0.489 e. The number of nitro benzene ring substituents is 1. The quantitative estimate of drug-likeness (QED) is 0.572. The number of ether oxygens (including phenoxy) is 2. The third-order valence-corrected chi connectivity index (χ3v) is 4.31. The van der Waals surface area contributed by atoms with Crippen LogP contribution in [0.15, 0.2) is 12.1 Å². The first-order valence-electron chi connectivity index (χ1n) is 8.32. The summed E-state index contributed by atoms with van der Waals surface area (Å²) in [5, 5.41) is 11.1. The standard InChI is InChI=1S/C17H23N3O5/c1-11-7-12(20(22)23)8-14-15(11)24-10-13-9-18(5-6-19(13)14)16(21)25-17(2,3)4/h7-8,13H,5-6,9-10H2,1-4H3/t13-/m0/s1. The van der Waals surface area contributed by atoms with E-state index in [1.807, 2.05) is 27.7 Å². The van der Waals surface area contributed by atoms with Crippen molar-refractivity contribution in [1.82, 2.24) is 4.90 Å². The van der Waals surface area contributed by atoms with E-state index in [1.165, 1.54) is 6.07 Å². The van der Waals surface area contributed by atoms with Gasteiger partial charge in [0.25, 0.3) is 5.69 Å². The normalized spacial score (nSPS) is 19.6. The van der Waals surface area contributed by atoms with Crippen LogP contribution in [-0.2, 0) is 4.74 Å². The fourth-order valence-corrected chi connectivity index (χ4v) is 3.23. The lowest BCUT2D eigenvalue weighted by atomic mass is 10.1. The average molecular weight is 349 g/mol. The number of non-ortho nitro benzene ring substituents is 1. The second-order valence-electron chi connectivity index (χ2n) is 7.45. The van der Waals surface area contributed by atoms with Gasteiger partial charge in [0.05, 0.1) is 16.7 Å². The molecule has 1 saturated heterocycles. The van der Waals surface area contributed by atoms with Gasteiger partial charge in [-0.25, -0.2) is 4.79 Å². The maximum absolute atomic E-state index is 12.3. The van der Waals surface area contributed by atoms with Gasteiger partial charge in [-0.15, -0.1) is 0 Å². The van der Waals surface area contributed by atoms with Gasteiger partial charge in [0.15, 0.2) is 0 Å². The molecule has 2 aliphatic heterocycles. The first-order chi connectivity index (χ1) is 11.7. The molecule has 0 saturated carbocycles. The summed E-state index contributed by atoms with van der Waals surface area (Å²) in [5.41, 5.74) is 0.987. The summed E-state index contributed by atoms with van der Waals surface area (Å²) in [6.07, 6.45) is -0.340. The Bertz CT molecular complexity index is 713. The molecule has 136 valence electrons. The molecule has 1 aromatic carbocycles. The van der Waals surface area contributed by atoms with Crippen LogP contribution in [0.1, 0.15) is 26.3 Å². The van der Waals surface area contributed by atoms with E-state index in [0.717, 1.165) is 11.3 Å². The van der Waals surface area contributed by atoms with Gasteiger partial charge in [0.1, 0.15) is 18.0 Å². The smallest absolute Gasteiger partial charge is 0.410 e. The average Bonchev–Trinajstić information content (AvgIpc) is 2.52. The Morgan fingerprint density at radius 3 is 2.72 bits per heavy atom. The molecule has 1 atom stereocenters. The summed E-state index contributed by atoms with van der Waals surface area (Å²) in [6, 6.07) is 3.03. The van der Waals surface area contributed by atoms with E-state index in [1.54, 1.807) is 11.0 Å². The number of piperazine rings is 1. The topological polar surface area (TPSA) is 85.2 Å². The van der Waals surface area contributed by atoms with Crippen molar-refractivity contribution in [2.24, 2.45) is 0 Å². The van der Waals surface area contributed by atoms with Crippen molar-refractivity contribution in [3.63, 3.8) is 0 Å². The minimum Gasteiger partial charge on any atom is -0.489 e. The van der Waals surface area contributed by atoms with Gasteiger partial charge >= 0.3 is 6.09 Å². The first kappa shape index (κ1) is 17.3. The summed E-state index contributed by atoms with van der Waals surface area (Å²) in [5.74, 6) is 0.688. The number of rotatable bonds is 1. The zero-order valence-electron chi connectivity index (χ0n) is 14.9. The van der Waals surface area contributed by atoms with Crippen LogP contribution in [0, 0.1) is 17.0 Å². The molecule has 1 amide bonds. The van der Waals surface area contributed by atoms with Crippen molar-refractivity contribution in [2.75, 3.05) is 31.1 Å². The maximum Gasteiger partial charge on any atom is 0.410 e. The van der Waals surface area contributed by atoms with E-state index >= 15 is 0 Å². The number of nitrogens with zero attached hydrogens (tertiary/aromatic N) is 3. The Balaban J connectivity index is 1.81. The second kappa shape index (κ2) is 6.09. The molecule has 2 heterocycles. The molecule has 1 aromatic rings. The minimum absolute atomic E-state index is 0.0461. The molecule has 0 unspecified atom stereocenters. The highest BCUT2D eigenvalue weighted by atomic mass is 16.6. The van der Waals surface area contributed by atoms with E-state index in [0.29, 0.717) is 32.0 Å². The third kappa shape index (κ3) is 3.47. The fourth-order valence-electron chi connectivity index (χ4n) is 3.23. The van der Waals surface area contributed by atoms with E-state index < -0.39 is 10.5 Å². The summed E-state index contributed by atoms with van der Waals surface area (Å²) in [7, 11) is 0. The molecular weight excluding hydrogens is 326 g/mol. The number of anilines is 1. The van der Waals surface area contributed by atoms with Crippen molar-refractivity contribution in [1.29, 1.82) is 0 Å². The molecular formula is C17H23N3O5. The van der Waals surface area contributed by atoms with Gasteiger partial charge in [-0.1, -0.05) is 0 Å². The van der Waals surface area contributed by atoms with Crippen LogP contribution >= 0.6 is 0 Å². The number of hydrogen-bond acceptors (Lipinski definition) is 6. The number of carbonyl (C=O) groups excluding carboxylic acids is 1. The molecule has 0 aliphatic carbocycles. The van der Waals surface area contributed by atoms with Gasteiger partial charge in [-0.2, -0.15) is 0 Å². The number of nitro groups is 1. The monoisotopic (exact) mass is 349 g/mol. The molecule has 8 heteroatoms. The number of benzene rings is 1. The minimum atomic E-state index is -0.540. The first-order valence-corrected chi connectivity index (χ1v) is 8.32. The van der Waals surface area contributed by atoms with E-state index in [9.17, 15) is 14.9 Å². The van der Waals surface area contributed by atoms with Crippen LogP contribution in [-0.4, -0.2) is 53.8 Å². The van der Waals surface area contributed by atoms with Crippen LogP contribution < -0.4 is 9.64 Å². The van der Waals surface area contributed by atoms with Gasteiger partial charge < -0.3 is 19.3 Å². The van der Waals surface area contributed by atoms with Crippen molar-refractivity contribution in [3.05, 3.63) is 27.8 Å². The molecule has 0 aromatic heterocycles. The number of amides is 1. The number of carbonyl (C=O) groups is 1. The molecule has 0 spiro atoms. The van der Waals surface area contributed by atoms with Crippen LogP contribution in [0.25, 0.3) is 0 Å². The highest BCUT2D eigenvalue weighted by Gasteiger charge is 2.37. The zero-order valence-corrected chi connectivity index (χ0v) is 14.9. The SMILES string of the molecule is Cc1cc([N+](=O)[O-])cc2c1OC[C@@H]1CN(C(=O)OC(C)(C)C)CCN21. The number of hydrogen-bond donors (Lipinski definition) is 0. The number of fused-ring (bicyclic) bond motifs is 3. The number of aryl methyl sites for hydroxylation is 1. The van der Waals surface area contributed by atoms with Crippen LogP contribution in [0.4, 0.5) is 16.2 Å². The van der Waals surface area contributed by atoms with E-state index in [2.05, 4.69) is 4.90 Å². The highest BCUT2D eigenvalue weighted by Crippen LogP contribution is 2.40. The lowest BCUT2D eigenvalue weighted by Crippen LogP contribution is -2.59.